The maximum atomic E-state index is 13.4. The molecule has 0 bridgehead atoms. The topological polar surface area (TPSA) is 84.2 Å². The molecule has 34 heavy (non-hydrogen) atoms. The monoisotopic (exact) mass is 465 g/mol. The fourth-order valence-corrected chi connectivity index (χ4v) is 3.45. The van der Waals surface area contributed by atoms with Crippen LogP contribution in [0, 0.1) is 0 Å². The average molecular weight is 466 g/mol. The number of rotatable bonds is 12. The Morgan fingerprint density at radius 3 is 2.47 bits per heavy atom. The van der Waals surface area contributed by atoms with E-state index in [0.29, 0.717) is 49.9 Å². The summed E-state index contributed by atoms with van der Waals surface area (Å²) in [5.74, 6) is 1.13. The SMILES string of the molecule is COCCCN(CC(=O)N(Cc1ccccc1)Cc1ccco1)C(=O)Nc1cccc(OC)c1. The van der Waals surface area contributed by atoms with Gasteiger partial charge in [0.05, 0.1) is 19.9 Å². The van der Waals surface area contributed by atoms with Gasteiger partial charge >= 0.3 is 6.03 Å². The Bertz CT molecular complexity index is 1020. The van der Waals surface area contributed by atoms with Gasteiger partial charge in [-0.15, -0.1) is 0 Å². The summed E-state index contributed by atoms with van der Waals surface area (Å²) in [5.41, 5.74) is 1.58. The van der Waals surface area contributed by atoms with Gasteiger partial charge in [0.1, 0.15) is 18.1 Å². The number of urea groups is 1. The predicted molar refractivity (Wildman–Crippen MR) is 129 cm³/mol. The summed E-state index contributed by atoms with van der Waals surface area (Å²) in [5, 5.41) is 2.86. The number of hydrogen-bond acceptors (Lipinski definition) is 5. The second kappa shape index (κ2) is 13.1. The summed E-state index contributed by atoms with van der Waals surface area (Å²) in [6.07, 6.45) is 2.19. The highest BCUT2D eigenvalue weighted by Gasteiger charge is 2.22. The maximum Gasteiger partial charge on any atom is 0.322 e. The second-order valence-corrected chi connectivity index (χ2v) is 7.74. The first-order chi connectivity index (χ1) is 16.6. The molecule has 0 aliphatic rings. The van der Waals surface area contributed by atoms with Crippen LogP contribution in [0.25, 0.3) is 0 Å². The van der Waals surface area contributed by atoms with Crippen LogP contribution in [0.15, 0.2) is 77.4 Å². The van der Waals surface area contributed by atoms with Crippen LogP contribution in [-0.2, 0) is 22.6 Å². The van der Waals surface area contributed by atoms with Crippen LogP contribution in [0.2, 0.25) is 0 Å². The van der Waals surface area contributed by atoms with E-state index in [1.165, 1.54) is 4.90 Å². The molecule has 1 aromatic heterocycles. The molecule has 3 aromatic rings. The van der Waals surface area contributed by atoms with Crippen molar-refractivity contribution in [2.45, 2.75) is 19.5 Å². The zero-order valence-corrected chi connectivity index (χ0v) is 19.6. The van der Waals surface area contributed by atoms with Crippen LogP contribution >= 0.6 is 0 Å². The minimum absolute atomic E-state index is 0.0763. The largest absolute Gasteiger partial charge is 0.497 e. The first kappa shape index (κ1) is 24.9. The molecule has 2 aromatic carbocycles. The molecule has 8 heteroatoms. The number of carbonyl (C=O) groups excluding carboxylic acids is 2. The van der Waals surface area contributed by atoms with E-state index in [-0.39, 0.29) is 18.5 Å². The molecule has 1 heterocycles. The van der Waals surface area contributed by atoms with Crippen molar-refractivity contribution in [2.24, 2.45) is 0 Å². The fourth-order valence-electron chi connectivity index (χ4n) is 3.45. The first-order valence-electron chi connectivity index (χ1n) is 11.1. The van der Waals surface area contributed by atoms with Crippen LogP contribution in [0.3, 0.4) is 0 Å². The van der Waals surface area contributed by atoms with Crippen molar-refractivity contribution in [1.82, 2.24) is 9.80 Å². The van der Waals surface area contributed by atoms with Crippen molar-refractivity contribution in [1.29, 1.82) is 0 Å². The van der Waals surface area contributed by atoms with E-state index in [9.17, 15) is 9.59 Å². The highest BCUT2D eigenvalue weighted by atomic mass is 16.5. The summed E-state index contributed by atoms with van der Waals surface area (Å²) in [7, 11) is 3.17. The molecule has 3 rings (SSSR count). The lowest BCUT2D eigenvalue weighted by Crippen LogP contribution is -2.44. The van der Waals surface area contributed by atoms with Gasteiger partial charge in [0, 0.05) is 38.6 Å². The number of benzene rings is 2. The number of furan rings is 1. The van der Waals surface area contributed by atoms with Crippen molar-refractivity contribution in [3.05, 3.63) is 84.3 Å². The molecule has 1 N–H and O–H groups in total. The van der Waals surface area contributed by atoms with Crippen LogP contribution < -0.4 is 10.1 Å². The van der Waals surface area contributed by atoms with Crippen LogP contribution in [0.1, 0.15) is 17.7 Å². The van der Waals surface area contributed by atoms with Gasteiger partial charge in [-0.3, -0.25) is 4.79 Å². The van der Waals surface area contributed by atoms with Crippen molar-refractivity contribution in [2.75, 3.05) is 39.2 Å². The van der Waals surface area contributed by atoms with Gasteiger partial charge in [-0.2, -0.15) is 0 Å². The lowest BCUT2D eigenvalue weighted by Gasteiger charge is -2.27. The maximum absolute atomic E-state index is 13.4. The Morgan fingerprint density at radius 2 is 1.76 bits per heavy atom. The van der Waals surface area contributed by atoms with E-state index < -0.39 is 0 Å². The number of anilines is 1. The third-order valence-corrected chi connectivity index (χ3v) is 5.21. The Labute approximate surface area is 200 Å². The normalized spacial score (nSPS) is 10.5. The van der Waals surface area contributed by atoms with Crippen LogP contribution in [0.5, 0.6) is 5.75 Å². The highest BCUT2D eigenvalue weighted by Crippen LogP contribution is 2.18. The second-order valence-electron chi connectivity index (χ2n) is 7.74. The van der Waals surface area contributed by atoms with E-state index in [2.05, 4.69) is 5.32 Å². The molecule has 0 spiro atoms. The standard InChI is InChI=1S/C26H31N3O5/c1-32-15-8-14-28(26(31)27-22-11-6-12-23(17-22)33-2)20-25(30)29(19-24-13-7-16-34-24)18-21-9-4-3-5-10-21/h3-7,9-13,16-17H,8,14-15,18-20H2,1-2H3,(H,27,31). The molecule has 0 saturated carbocycles. The van der Waals surface area contributed by atoms with Gasteiger partial charge in [0.25, 0.3) is 0 Å². The zero-order valence-electron chi connectivity index (χ0n) is 19.6. The molecule has 0 fully saturated rings. The van der Waals surface area contributed by atoms with E-state index in [4.69, 9.17) is 13.9 Å². The fraction of sp³-hybridized carbons (Fsp3) is 0.308. The molecule has 3 amide bonds. The quantitative estimate of drug-likeness (QED) is 0.401. The Balaban J connectivity index is 1.74. The van der Waals surface area contributed by atoms with E-state index in [1.54, 1.807) is 55.7 Å². The average Bonchev–Trinajstić information content (AvgIpc) is 3.37. The number of nitrogens with one attached hydrogen (secondary N) is 1. The van der Waals surface area contributed by atoms with Crippen molar-refractivity contribution < 1.29 is 23.5 Å². The summed E-state index contributed by atoms with van der Waals surface area (Å²) in [6.45, 7) is 1.49. The minimum atomic E-state index is -0.365. The van der Waals surface area contributed by atoms with Crippen LogP contribution in [-0.4, -0.2) is 55.7 Å². The van der Waals surface area contributed by atoms with Crippen molar-refractivity contribution >= 4 is 17.6 Å². The van der Waals surface area contributed by atoms with Crippen LogP contribution in [0.4, 0.5) is 10.5 Å². The smallest absolute Gasteiger partial charge is 0.322 e. The third-order valence-electron chi connectivity index (χ3n) is 5.21. The predicted octanol–water partition coefficient (Wildman–Crippen LogP) is 4.39. The first-order valence-corrected chi connectivity index (χ1v) is 11.1. The van der Waals surface area contributed by atoms with Gasteiger partial charge in [0.2, 0.25) is 5.91 Å². The molecule has 0 radical (unpaired) electrons. The van der Waals surface area contributed by atoms with E-state index in [1.807, 2.05) is 36.4 Å². The highest BCUT2D eigenvalue weighted by molar-refractivity contribution is 5.92. The molecule has 8 nitrogen and oxygen atoms in total. The third kappa shape index (κ3) is 7.67. The molecule has 0 aliphatic carbocycles. The van der Waals surface area contributed by atoms with Crippen molar-refractivity contribution in [3.63, 3.8) is 0 Å². The lowest BCUT2D eigenvalue weighted by atomic mass is 10.2. The van der Waals surface area contributed by atoms with Crippen molar-refractivity contribution in [3.8, 4) is 5.75 Å². The Hall–Kier alpha value is -3.78. The lowest BCUT2D eigenvalue weighted by molar-refractivity contribution is -0.133. The molecule has 0 atom stereocenters. The molecular weight excluding hydrogens is 434 g/mol. The Kier molecular flexibility index (Phi) is 9.54. The molecule has 0 unspecified atom stereocenters. The summed E-state index contributed by atoms with van der Waals surface area (Å²) in [4.78, 5) is 29.7. The molecule has 0 aliphatic heterocycles. The molecule has 0 saturated heterocycles. The van der Waals surface area contributed by atoms with Gasteiger partial charge in [-0.1, -0.05) is 36.4 Å². The molecule has 180 valence electrons. The number of amides is 3. The number of carbonyl (C=O) groups is 2. The summed E-state index contributed by atoms with van der Waals surface area (Å²) in [6, 6.07) is 20.1. The van der Waals surface area contributed by atoms with Gasteiger partial charge in [-0.25, -0.2) is 4.79 Å². The van der Waals surface area contributed by atoms with E-state index >= 15 is 0 Å². The van der Waals surface area contributed by atoms with Gasteiger partial charge < -0.3 is 29.0 Å². The Morgan fingerprint density at radius 1 is 0.941 bits per heavy atom. The summed E-state index contributed by atoms with van der Waals surface area (Å²) >= 11 is 0. The minimum Gasteiger partial charge on any atom is -0.497 e. The zero-order chi connectivity index (χ0) is 24.2. The number of ether oxygens (including phenoxy) is 2. The van der Waals surface area contributed by atoms with Gasteiger partial charge in [0.15, 0.2) is 0 Å². The summed E-state index contributed by atoms with van der Waals surface area (Å²) < 4.78 is 15.8. The molecular formula is C26H31N3O5. The van der Waals surface area contributed by atoms with Gasteiger partial charge in [-0.05, 0) is 36.2 Å². The van der Waals surface area contributed by atoms with E-state index in [0.717, 1.165) is 5.56 Å². The number of nitrogens with zero attached hydrogens (tertiary/aromatic N) is 2. The number of hydrogen-bond donors (Lipinski definition) is 1. The number of methoxy groups -OCH3 is 2.